The predicted molar refractivity (Wildman–Crippen MR) is 137 cm³/mol. The Kier molecular flexibility index (Phi) is 4.87. The number of piperidine rings is 1. The molecule has 7 rings (SSSR count). The van der Waals surface area contributed by atoms with Gasteiger partial charge in [-0.05, 0) is 74.3 Å². The maximum atomic E-state index is 13.3. The van der Waals surface area contributed by atoms with E-state index < -0.39 is 11.0 Å². The van der Waals surface area contributed by atoms with Gasteiger partial charge in [0.2, 0.25) is 5.91 Å². The summed E-state index contributed by atoms with van der Waals surface area (Å²) in [6, 6.07) is 13.4. The zero-order valence-electron chi connectivity index (χ0n) is 20.8. The molecular weight excluding hydrogens is 452 g/mol. The average Bonchev–Trinajstić information content (AvgIpc) is 3.63. The average molecular weight is 487 g/mol. The van der Waals surface area contributed by atoms with Crippen molar-refractivity contribution in [1.29, 1.82) is 0 Å². The summed E-state index contributed by atoms with van der Waals surface area (Å²) >= 11 is 0. The molecule has 2 aromatic carbocycles. The highest BCUT2D eigenvalue weighted by Crippen LogP contribution is 2.66. The Morgan fingerprint density at radius 3 is 2.75 bits per heavy atom. The topological polar surface area (TPSA) is 73.2 Å². The molecule has 2 bridgehead atoms. The summed E-state index contributed by atoms with van der Waals surface area (Å²) in [5, 5.41) is 23.4. The van der Waals surface area contributed by atoms with E-state index in [4.69, 9.17) is 4.74 Å². The molecule has 2 saturated carbocycles. The van der Waals surface area contributed by atoms with E-state index in [1.54, 1.807) is 17.0 Å². The maximum absolute atomic E-state index is 13.3. The van der Waals surface area contributed by atoms with Crippen LogP contribution in [0.25, 0.3) is 6.08 Å². The van der Waals surface area contributed by atoms with Gasteiger partial charge in [0.1, 0.15) is 6.10 Å². The molecule has 2 heterocycles. The van der Waals surface area contributed by atoms with Gasteiger partial charge in [0, 0.05) is 31.3 Å². The number of ether oxygens (including phenoxy) is 1. The first kappa shape index (κ1) is 22.4. The van der Waals surface area contributed by atoms with E-state index in [1.807, 2.05) is 49.5 Å². The van der Waals surface area contributed by atoms with Crippen molar-refractivity contribution in [3.05, 3.63) is 65.2 Å². The number of aromatic hydroxyl groups is 1. The summed E-state index contributed by atoms with van der Waals surface area (Å²) in [6.07, 6.45) is 8.51. The zero-order chi connectivity index (χ0) is 24.7. The van der Waals surface area contributed by atoms with Crippen LogP contribution in [0.15, 0.2) is 48.5 Å². The molecule has 3 aliphatic carbocycles. The molecule has 1 amide bonds. The lowest BCUT2D eigenvalue weighted by atomic mass is 9.48. The van der Waals surface area contributed by atoms with Crippen molar-refractivity contribution in [3.63, 3.8) is 0 Å². The molecule has 0 aromatic heterocycles. The van der Waals surface area contributed by atoms with Crippen LogP contribution in [-0.4, -0.2) is 69.8 Å². The lowest BCUT2D eigenvalue weighted by molar-refractivity contribution is -0.200. The second kappa shape index (κ2) is 7.83. The number of carbonyl (C=O) groups is 1. The van der Waals surface area contributed by atoms with Crippen LogP contribution < -0.4 is 4.74 Å². The molecule has 2 N–H and O–H groups in total. The highest BCUT2D eigenvalue weighted by molar-refractivity contribution is 5.92. The third kappa shape index (κ3) is 3.00. The first-order valence-electron chi connectivity index (χ1n) is 13.4. The third-order valence-corrected chi connectivity index (χ3v) is 9.79. The summed E-state index contributed by atoms with van der Waals surface area (Å²) < 4.78 is 6.60. The number of likely N-dealkylation sites (N-methyl/N-ethyl adjacent to an activating group) is 1. The number of aliphatic hydroxyl groups is 1. The first-order chi connectivity index (χ1) is 17.4. The van der Waals surface area contributed by atoms with Gasteiger partial charge in [0.15, 0.2) is 11.5 Å². The Morgan fingerprint density at radius 1 is 1.17 bits per heavy atom. The van der Waals surface area contributed by atoms with E-state index in [2.05, 4.69) is 4.90 Å². The minimum Gasteiger partial charge on any atom is -0.504 e. The van der Waals surface area contributed by atoms with Gasteiger partial charge in [-0.25, -0.2) is 0 Å². The van der Waals surface area contributed by atoms with E-state index in [0.29, 0.717) is 18.6 Å². The Bertz CT molecular complexity index is 1240. The quantitative estimate of drug-likeness (QED) is 0.633. The van der Waals surface area contributed by atoms with Crippen molar-refractivity contribution < 1.29 is 19.7 Å². The van der Waals surface area contributed by atoms with Crippen LogP contribution in [0.5, 0.6) is 11.5 Å². The minimum atomic E-state index is -0.933. The molecule has 6 heteroatoms. The van der Waals surface area contributed by atoms with Gasteiger partial charge in [0.05, 0.1) is 17.1 Å². The van der Waals surface area contributed by atoms with E-state index >= 15 is 0 Å². The fraction of sp³-hybridized carbons (Fsp3) is 0.500. The second-order valence-electron chi connectivity index (χ2n) is 11.6. The Morgan fingerprint density at radius 2 is 1.97 bits per heavy atom. The number of rotatable bonds is 5. The molecule has 36 heavy (non-hydrogen) atoms. The molecule has 0 unspecified atom stereocenters. The van der Waals surface area contributed by atoms with Crippen molar-refractivity contribution in [2.75, 3.05) is 20.1 Å². The number of carbonyl (C=O) groups excluding carboxylic acids is 1. The fourth-order valence-electron chi connectivity index (χ4n) is 7.86. The summed E-state index contributed by atoms with van der Waals surface area (Å²) in [6.45, 7) is 1.97. The normalized spacial score (nSPS) is 34.3. The number of benzene rings is 2. The van der Waals surface area contributed by atoms with Crippen molar-refractivity contribution >= 4 is 12.0 Å². The number of phenols is 1. The van der Waals surface area contributed by atoms with E-state index in [-0.39, 0.29) is 29.8 Å². The Labute approximate surface area is 212 Å². The third-order valence-electron chi connectivity index (χ3n) is 9.79. The monoisotopic (exact) mass is 486 g/mol. The summed E-state index contributed by atoms with van der Waals surface area (Å²) in [4.78, 5) is 17.6. The lowest BCUT2D eigenvalue weighted by Gasteiger charge is -2.64. The summed E-state index contributed by atoms with van der Waals surface area (Å²) in [7, 11) is 1.85. The molecule has 1 spiro atoms. The first-order valence-corrected chi connectivity index (χ1v) is 13.4. The molecule has 0 radical (unpaired) electrons. The standard InChI is InChI=1S/C30H34N2O4/c1-31(25(34)12-9-19-5-3-2-4-6-19)22-13-14-30(35)24-17-21-10-11-23(33)27-26(21)29(30,28(22)36-27)15-16-32(24)18-20-7-8-20/h2-6,9-12,20,22,24,28,33,35H,7-8,13-18H2,1H3/t22-,24+,28-,29-,30+/m0/s1. The number of nitrogens with zero attached hydrogens (tertiary/aromatic N) is 2. The molecule has 5 aliphatic rings. The molecular formula is C30H34N2O4. The molecule has 3 fully saturated rings. The van der Waals surface area contributed by atoms with Crippen molar-refractivity contribution in [2.45, 2.75) is 67.7 Å². The number of phenolic OH excluding ortho intramolecular Hbond substituents is 1. The van der Waals surface area contributed by atoms with Crippen molar-refractivity contribution in [3.8, 4) is 11.5 Å². The van der Waals surface area contributed by atoms with Crippen LogP contribution in [0.2, 0.25) is 0 Å². The van der Waals surface area contributed by atoms with Crippen LogP contribution >= 0.6 is 0 Å². The highest BCUT2D eigenvalue weighted by atomic mass is 16.5. The van der Waals surface area contributed by atoms with Crippen LogP contribution in [0.1, 0.15) is 48.8 Å². The number of hydrogen-bond donors (Lipinski definition) is 2. The molecule has 1 saturated heterocycles. The number of likely N-dealkylation sites (tertiary alicyclic amines) is 1. The van der Waals surface area contributed by atoms with E-state index in [0.717, 1.165) is 43.0 Å². The summed E-state index contributed by atoms with van der Waals surface area (Å²) in [5.41, 5.74) is 1.62. The maximum Gasteiger partial charge on any atom is 0.246 e. The predicted octanol–water partition coefficient (Wildman–Crippen LogP) is 3.50. The smallest absolute Gasteiger partial charge is 0.246 e. The van der Waals surface area contributed by atoms with Gasteiger partial charge >= 0.3 is 0 Å². The fourth-order valence-corrected chi connectivity index (χ4v) is 7.86. The van der Waals surface area contributed by atoms with Gasteiger partial charge in [-0.1, -0.05) is 36.4 Å². The highest BCUT2D eigenvalue weighted by Gasteiger charge is 2.73. The Hall–Kier alpha value is -2.83. The second-order valence-corrected chi connectivity index (χ2v) is 11.6. The van der Waals surface area contributed by atoms with Crippen LogP contribution in [0, 0.1) is 5.92 Å². The Balaban J connectivity index is 1.26. The SMILES string of the molecule is CN(C(=O)C=Cc1ccccc1)[C@H]1CC[C@@]2(O)[C@H]3Cc4ccc(O)c5c4[C@@]2(CCN3CC2CC2)[C@H]1O5. The molecule has 188 valence electrons. The van der Waals surface area contributed by atoms with Gasteiger partial charge in [-0.3, -0.25) is 9.69 Å². The van der Waals surface area contributed by atoms with Gasteiger partial charge in [-0.2, -0.15) is 0 Å². The van der Waals surface area contributed by atoms with Gasteiger partial charge in [0.25, 0.3) is 0 Å². The lowest BCUT2D eigenvalue weighted by Crippen LogP contribution is -2.78. The summed E-state index contributed by atoms with van der Waals surface area (Å²) in [5.74, 6) is 1.34. The largest absolute Gasteiger partial charge is 0.504 e. The molecule has 2 aliphatic heterocycles. The van der Waals surface area contributed by atoms with Gasteiger partial charge < -0.3 is 19.8 Å². The van der Waals surface area contributed by atoms with E-state index in [1.165, 1.54) is 18.4 Å². The van der Waals surface area contributed by atoms with Crippen LogP contribution in [-0.2, 0) is 16.6 Å². The zero-order valence-corrected chi connectivity index (χ0v) is 20.8. The van der Waals surface area contributed by atoms with Crippen LogP contribution in [0.3, 0.4) is 0 Å². The minimum absolute atomic E-state index is 0.0425. The number of hydrogen-bond acceptors (Lipinski definition) is 5. The van der Waals surface area contributed by atoms with Gasteiger partial charge in [-0.15, -0.1) is 0 Å². The molecule has 6 nitrogen and oxygen atoms in total. The van der Waals surface area contributed by atoms with Crippen molar-refractivity contribution in [2.24, 2.45) is 5.92 Å². The molecule has 2 aromatic rings. The van der Waals surface area contributed by atoms with E-state index in [9.17, 15) is 15.0 Å². The van der Waals surface area contributed by atoms with Crippen molar-refractivity contribution in [1.82, 2.24) is 9.80 Å². The molecule has 5 atom stereocenters. The van der Waals surface area contributed by atoms with Crippen LogP contribution in [0.4, 0.5) is 0 Å². The number of amides is 1.